The number of methoxy groups -OCH3 is 1. The van der Waals surface area contributed by atoms with E-state index in [4.69, 9.17) is 4.74 Å². The number of fused-ring (bicyclic) bond motifs is 1. The Morgan fingerprint density at radius 3 is 2.52 bits per heavy atom. The van der Waals surface area contributed by atoms with Gasteiger partial charge in [0.25, 0.3) is 5.56 Å². The number of ether oxygens (including phenoxy) is 1. The van der Waals surface area contributed by atoms with Crippen molar-refractivity contribution in [1.29, 1.82) is 0 Å². The quantitative estimate of drug-likeness (QED) is 0.428. The molecule has 2 aromatic rings. The maximum Gasteiger partial charge on any atom is 0.332 e. The third-order valence-corrected chi connectivity index (χ3v) is 4.95. The van der Waals surface area contributed by atoms with Gasteiger partial charge in [-0.05, 0) is 13.3 Å². The molecule has 0 aliphatic carbocycles. The average Bonchev–Trinajstić information content (AvgIpc) is 2.61. The molecule has 9 heteroatoms. The van der Waals surface area contributed by atoms with Crippen LogP contribution in [0, 0.1) is 0 Å². The zero-order chi connectivity index (χ0) is 18.7. The lowest BCUT2D eigenvalue weighted by Crippen LogP contribution is -2.38. The highest BCUT2D eigenvalue weighted by Gasteiger charge is 2.22. The van der Waals surface area contributed by atoms with Crippen LogP contribution < -0.4 is 11.2 Å². The van der Waals surface area contributed by atoms with Crippen molar-refractivity contribution in [2.24, 2.45) is 14.1 Å². The molecule has 2 rings (SSSR count). The zero-order valence-corrected chi connectivity index (χ0v) is 15.8. The van der Waals surface area contributed by atoms with E-state index in [1.54, 1.807) is 14.0 Å². The van der Waals surface area contributed by atoms with Crippen molar-refractivity contribution in [2.75, 3.05) is 7.11 Å². The fourth-order valence-electron chi connectivity index (χ4n) is 2.39. The standard InChI is InChI=1S/C16H22N4O4S/c1-6-7-8-10-17-12-11(14(21)20(4)16(23)19(12)3)13(18-10)25-9(2)15(22)24-5/h9H,6-8H2,1-5H3/t9-/m1/s1. The number of aromatic nitrogens is 4. The van der Waals surface area contributed by atoms with Crippen LogP contribution in [-0.4, -0.2) is 37.4 Å². The molecule has 0 unspecified atom stereocenters. The monoisotopic (exact) mass is 366 g/mol. The van der Waals surface area contributed by atoms with Gasteiger partial charge in [0.15, 0.2) is 5.65 Å². The molecule has 0 aromatic carbocycles. The highest BCUT2D eigenvalue weighted by atomic mass is 32.2. The molecule has 2 aromatic heterocycles. The Balaban J connectivity index is 2.73. The van der Waals surface area contributed by atoms with Gasteiger partial charge in [-0.1, -0.05) is 25.1 Å². The summed E-state index contributed by atoms with van der Waals surface area (Å²) >= 11 is 1.14. The van der Waals surface area contributed by atoms with Gasteiger partial charge in [-0.3, -0.25) is 18.7 Å². The van der Waals surface area contributed by atoms with E-state index in [1.807, 2.05) is 0 Å². The maximum atomic E-state index is 12.6. The smallest absolute Gasteiger partial charge is 0.332 e. The Morgan fingerprint density at radius 2 is 1.92 bits per heavy atom. The van der Waals surface area contributed by atoms with Crippen LogP contribution in [0.3, 0.4) is 0 Å². The number of hydrogen-bond acceptors (Lipinski definition) is 7. The van der Waals surface area contributed by atoms with Crippen LogP contribution in [0.2, 0.25) is 0 Å². The average molecular weight is 366 g/mol. The fourth-order valence-corrected chi connectivity index (χ4v) is 3.37. The number of esters is 1. The Labute approximate surface area is 149 Å². The molecule has 0 aliphatic rings. The van der Waals surface area contributed by atoms with Crippen molar-refractivity contribution in [3.05, 3.63) is 26.7 Å². The highest BCUT2D eigenvalue weighted by Crippen LogP contribution is 2.27. The summed E-state index contributed by atoms with van der Waals surface area (Å²) in [5, 5.41) is 0.0971. The van der Waals surface area contributed by atoms with Crippen LogP contribution in [0.4, 0.5) is 0 Å². The molecule has 8 nitrogen and oxygen atoms in total. The molecular weight excluding hydrogens is 344 g/mol. The lowest BCUT2D eigenvalue weighted by molar-refractivity contribution is -0.139. The van der Waals surface area contributed by atoms with Gasteiger partial charge >= 0.3 is 11.7 Å². The molecule has 0 bridgehead atoms. The van der Waals surface area contributed by atoms with Gasteiger partial charge in [-0.15, -0.1) is 0 Å². The van der Waals surface area contributed by atoms with Gasteiger partial charge in [0.1, 0.15) is 21.5 Å². The number of hydrogen-bond donors (Lipinski definition) is 0. The second-order valence-electron chi connectivity index (χ2n) is 5.74. The van der Waals surface area contributed by atoms with E-state index in [0.717, 1.165) is 29.2 Å². The first-order valence-corrected chi connectivity index (χ1v) is 8.90. The first kappa shape index (κ1) is 19.2. The topological polar surface area (TPSA) is 96.1 Å². The van der Waals surface area contributed by atoms with Crippen molar-refractivity contribution in [1.82, 2.24) is 19.1 Å². The van der Waals surface area contributed by atoms with Crippen LogP contribution in [0.1, 0.15) is 32.5 Å². The van der Waals surface area contributed by atoms with E-state index >= 15 is 0 Å². The van der Waals surface area contributed by atoms with Gasteiger partial charge < -0.3 is 4.74 Å². The van der Waals surface area contributed by atoms with Crippen LogP contribution in [-0.2, 0) is 30.0 Å². The lowest BCUT2D eigenvalue weighted by Gasteiger charge is -2.13. The van der Waals surface area contributed by atoms with E-state index in [0.29, 0.717) is 17.3 Å². The first-order chi connectivity index (χ1) is 11.8. The van der Waals surface area contributed by atoms with Crippen LogP contribution in [0.5, 0.6) is 0 Å². The van der Waals surface area contributed by atoms with E-state index in [-0.39, 0.29) is 11.0 Å². The third-order valence-electron chi connectivity index (χ3n) is 3.89. The molecule has 2 heterocycles. The van der Waals surface area contributed by atoms with Gasteiger partial charge in [0.2, 0.25) is 0 Å². The molecule has 0 radical (unpaired) electrons. The number of aryl methyl sites for hydroxylation is 2. The predicted molar refractivity (Wildman–Crippen MR) is 96.0 cm³/mol. The number of nitrogens with zero attached hydrogens (tertiary/aromatic N) is 4. The Bertz CT molecular complexity index is 919. The molecule has 136 valence electrons. The lowest BCUT2D eigenvalue weighted by atomic mass is 10.2. The molecule has 0 saturated carbocycles. The number of carbonyl (C=O) groups is 1. The van der Waals surface area contributed by atoms with Crippen molar-refractivity contribution in [3.63, 3.8) is 0 Å². The number of unbranched alkanes of at least 4 members (excludes halogenated alkanes) is 1. The number of rotatable bonds is 6. The van der Waals surface area contributed by atoms with E-state index in [2.05, 4.69) is 16.9 Å². The number of carbonyl (C=O) groups excluding carboxylic acids is 1. The predicted octanol–water partition coefficient (Wildman–Crippen LogP) is 1.02. The summed E-state index contributed by atoms with van der Waals surface area (Å²) in [6, 6.07) is 0. The van der Waals surface area contributed by atoms with Gasteiger partial charge in [0.05, 0.1) is 7.11 Å². The van der Waals surface area contributed by atoms with Crippen molar-refractivity contribution >= 4 is 28.8 Å². The maximum absolute atomic E-state index is 12.6. The molecule has 0 fully saturated rings. The zero-order valence-electron chi connectivity index (χ0n) is 15.0. The molecule has 0 amide bonds. The van der Waals surface area contributed by atoms with Gasteiger partial charge in [-0.2, -0.15) is 0 Å². The van der Waals surface area contributed by atoms with Crippen LogP contribution >= 0.6 is 11.8 Å². The minimum absolute atomic E-state index is 0.241. The summed E-state index contributed by atoms with van der Waals surface area (Å²) in [7, 11) is 4.29. The Hall–Kier alpha value is -2.16. The van der Waals surface area contributed by atoms with Crippen molar-refractivity contribution in [2.45, 2.75) is 43.4 Å². The van der Waals surface area contributed by atoms with Crippen molar-refractivity contribution < 1.29 is 9.53 Å². The van der Waals surface area contributed by atoms with Crippen LogP contribution in [0.15, 0.2) is 14.6 Å². The Morgan fingerprint density at radius 1 is 1.24 bits per heavy atom. The minimum atomic E-state index is -0.538. The highest BCUT2D eigenvalue weighted by molar-refractivity contribution is 8.00. The van der Waals surface area contributed by atoms with Gasteiger partial charge in [-0.25, -0.2) is 14.8 Å². The summed E-state index contributed by atoms with van der Waals surface area (Å²) in [4.78, 5) is 45.5. The van der Waals surface area contributed by atoms with Crippen LogP contribution in [0.25, 0.3) is 11.0 Å². The summed E-state index contributed by atoms with van der Waals surface area (Å²) < 4.78 is 7.10. The molecular formula is C16H22N4O4S. The number of thioether (sulfide) groups is 1. The Kier molecular flexibility index (Phi) is 5.99. The molecule has 0 saturated heterocycles. The molecule has 0 aliphatic heterocycles. The molecule has 0 N–H and O–H groups in total. The van der Waals surface area contributed by atoms with Gasteiger partial charge in [0, 0.05) is 20.5 Å². The summed E-state index contributed by atoms with van der Waals surface area (Å²) in [5.41, 5.74) is -0.636. The SMILES string of the molecule is CCCCc1nc(S[C@H](C)C(=O)OC)c2c(=O)n(C)c(=O)n(C)c2n1. The molecule has 1 atom stereocenters. The first-order valence-electron chi connectivity index (χ1n) is 8.02. The fraction of sp³-hybridized carbons (Fsp3) is 0.562. The molecule has 25 heavy (non-hydrogen) atoms. The second kappa shape index (κ2) is 7.81. The van der Waals surface area contributed by atoms with Crippen molar-refractivity contribution in [3.8, 4) is 0 Å². The second-order valence-corrected chi connectivity index (χ2v) is 7.07. The summed E-state index contributed by atoms with van der Waals surface area (Å²) in [6.07, 6.45) is 2.49. The largest absolute Gasteiger partial charge is 0.468 e. The molecule has 0 spiro atoms. The van der Waals surface area contributed by atoms with E-state index in [1.165, 1.54) is 18.7 Å². The minimum Gasteiger partial charge on any atom is -0.468 e. The van der Waals surface area contributed by atoms with E-state index in [9.17, 15) is 14.4 Å². The summed E-state index contributed by atoms with van der Waals surface area (Å²) in [6.45, 7) is 3.74. The third kappa shape index (κ3) is 3.76. The summed E-state index contributed by atoms with van der Waals surface area (Å²) in [5.74, 6) is 0.144. The van der Waals surface area contributed by atoms with E-state index < -0.39 is 22.5 Å². The normalized spacial score (nSPS) is 12.4.